The number of ether oxygens (including phenoxy) is 1. The standard InChI is InChI=1S/C30H43N3O4/c1-8-9-19-33(26(27(34)31-21(2)3)24-17-15-22(4)16-18-24)28(35)25(20-23-13-11-10-12-14-23)32-29(36)37-30(5,6)7/h10-18,21,25-26H,8-9,19-20H2,1-7H3,(H,31,34)(H,32,36). The number of amides is 3. The monoisotopic (exact) mass is 509 g/mol. The second-order valence-electron chi connectivity index (χ2n) is 10.8. The van der Waals surface area contributed by atoms with Gasteiger partial charge in [0.15, 0.2) is 0 Å². The maximum atomic E-state index is 14.2. The largest absolute Gasteiger partial charge is 0.444 e. The van der Waals surface area contributed by atoms with Crippen molar-refractivity contribution in [3.63, 3.8) is 0 Å². The molecule has 37 heavy (non-hydrogen) atoms. The third-order valence-electron chi connectivity index (χ3n) is 5.69. The lowest BCUT2D eigenvalue weighted by atomic mass is 9.99. The van der Waals surface area contributed by atoms with E-state index in [4.69, 9.17) is 4.74 Å². The van der Waals surface area contributed by atoms with Crippen LogP contribution in [0.2, 0.25) is 0 Å². The van der Waals surface area contributed by atoms with Crippen molar-refractivity contribution in [2.24, 2.45) is 0 Å². The summed E-state index contributed by atoms with van der Waals surface area (Å²) in [7, 11) is 0. The number of hydrogen-bond donors (Lipinski definition) is 2. The predicted octanol–water partition coefficient (Wildman–Crippen LogP) is 5.33. The summed E-state index contributed by atoms with van der Waals surface area (Å²) in [5.74, 6) is -0.577. The van der Waals surface area contributed by atoms with Crippen LogP contribution in [-0.4, -0.2) is 47.0 Å². The SMILES string of the molecule is CCCCN(C(=O)C(Cc1ccccc1)NC(=O)OC(C)(C)C)C(C(=O)NC(C)C)c1ccc(C)cc1. The lowest BCUT2D eigenvalue weighted by Gasteiger charge is -2.35. The van der Waals surface area contributed by atoms with E-state index in [0.29, 0.717) is 13.0 Å². The minimum absolute atomic E-state index is 0.0939. The zero-order valence-electron chi connectivity index (χ0n) is 23.3. The topological polar surface area (TPSA) is 87.7 Å². The fourth-order valence-electron chi connectivity index (χ4n) is 3.98. The first-order chi connectivity index (χ1) is 17.4. The van der Waals surface area contributed by atoms with Gasteiger partial charge in [0, 0.05) is 19.0 Å². The molecule has 0 aliphatic heterocycles. The Kier molecular flexibility index (Phi) is 11.2. The van der Waals surface area contributed by atoms with Gasteiger partial charge >= 0.3 is 6.09 Å². The number of carbonyl (C=O) groups is 3. The van der Waals surface area contributed by atoms with E-state index >= 15 is 0 Å². The quantitative estimate of drug-likeness (QED) is 0.429. The average molecular weight is 510 g/mol. The second-order valence-corrected chi connectivity index (χ2v) is 10.8. The van der Waals surface area contributed by atoms with E-state index in [1.807, 2.05) is 82.3 Å². The van der Waals surface area contributed by atoms with Crippen molar-refractivity contribution in [2.45, 2.75) is 91.5 Å². The van der Waals surface area contributed by atoms with E-state index in [-0.39, 0.29) is 24.3 Å². The smallest absolute Gasteiger partial charge is 0.408 e. The van der Waals surface area contributed by atoms with E-state index in [1.165, 1.54) is 0 Å². The Morgan fingerprint density at radius 3 is 2.11 bits per heavy atom. The number of benzene rings is 2. The minimum Gasteiger partial charge on any atom is -0.444 e. The summed E-state index contributed by atoms with van der Waals surface area (Å²) in [4.78, 5) is 42.1. The molecule has 7 heteroatoms. The molecule has 2 aromatic carbocycles. The molecule has 0 radical (unpaired) electrons. The van der Waals surface area contributed by atoms with Gasteiger partial charge in [0.05, 0.1) is 0 Å². The van der Waals surface area contributed by atoms with Crippen molar-refractivity contribution < 1.29 is 19.1 Å². The van der Waals surface area contributed by atoms with Crippen molar-refractivity contribution in [2.75, 3.05) is 6.54 Å². The number of unbranched alkanes of at least 4 members (excludes halogenated alkanes) is 1. The van der Waals surface area contributed by atoms with E-state index in [2.05, 4.69) is 10.6 Å². The van der Waals surface area contributed by atoms with Gasteiger partial charge in [-0.15, -0.1) is 0 Å². The Morgan fingerprint density at radius 1 is 0.946 bits per heavy atom. The lowest BCUT2D eigenvalue weighted by molar-refractivity contribution is -0.142. The molecule has 2 unspecified atom stereocenters. The third kappa shape index (κ3) is 9.90. The van der Waals surface area contributed by atoms with Gasteiger partial charge < -0.3 is 20.3 Å². The normalized spacial score (nSPS) is 13.0. The Bertz CT molecular complexity index is 1010. The van der Waals surface area contributed by atoms with Gasteiger partial charge in [0.1, 0.15) is 17.7 Å². The van der Waals surface area contributed by atoms with E-state index in [0.717, 1.165) is 23.1 Å². The predicted molar refractivity (Wildman–Crippen MR) is 147 cm³/mol. The Balaban J connectivity index is 2.51. The first kappa shape index (κ1) is 29.9. The van der Waals surface area contributed by atoms with Gasteiger partial charge in [-0.2, -0.15) is 0 Å². The van der Waals surface area contributed by atoms with Crippen LogP contribution in [0, 0.1) is 6.92 Å². The maximum absolute atomic E-state index is 14.2. The molecule has 0 aliphatic rings. The molecule has 0 saturated heterocycles. The van der Waals surface area contributed by atoms with Gasteiger partial charge in [0.25, 0.3) is 0 Å². The highest BCUT2D eigenvalue weighted by Gasteiger charge is 2.36. The molecule has 7 nitrogen and oxygen atoms in total. The Hall–Kier alpha value is -3.35. The van der Waals surface area contributed by atoms with Gasteiger partial charge in [0.2, 0.25) is 11.8 Å². The first-order valence-corrected chi connectivity index (χ1v) is 13.1. The molecule has 0 heterocycles. The molecule has 0 aliphatic carbocycles. The Morgan fingerprint density at radius 2 is 1.57 bits per heavy atom. The zero-order chi connectivity index (χ0) is 27.6. The second kappa shape index (κ2) is 13.8. The summed E-state index contributed by atoms with van der Waals surface area (Å²) < 4.78 is 5.48. The molecule has 3 amide bonds. The number of hydrogen-bond acceptors (Lipinski definition) is 4. The summed E-state index contributed by atoms with van der Waals surface area (Å²) in [5, 5.41) is 5.77. The van der Waals surface area contributed by atoms with Crippen LogP contribution in [0.1, 0.15) is 77.1 Å². The van der Waals surface area contributed by atoms with Gasteiger partial charge in [-0.1, -0.05) is 73.5 Å². The molecule has 2 aromatic rings. The lowest BCUT2D eigenvalue weighted by Crippen LogP contribution is -2.54. The highest BCUT2D eigenvalue weighted by Crippen LogP contribution is 2.25. The van der Waals surface area contributed by atoms with Crippen LogP contribution in [0.15, 0.2) is 54.6 Å². The summed E-state index contributed by atoms with van der Waals surface area (Å²) in [6.07, 6.45) is 1.16. The molecular formula is C30H43N3O4. The summed E-state index contributed by atoms with van der Waals surface area (Å²) in [5.41, 5.74) is 1.97. The van der Waals surface area contributed by atoms with Crippen LogP contribution in [0.5, 0.6) is 0 Å². The maximum Gasteiger partial charge on any atom is 0.408 e. The van der Waals surface area contributed by atoms with Crippen molar-refractivity contribution in [3.8, 4) is 0 Å². The molecule has 2 rings (SSSR count). The number of carbonyl (C=O) groups excluding carboxylic acids is 3. The van der Waals surface area contributed by atoms with Crippen LogP contribution in [0.25, 0.3) is 0 Å². The molecule has 0 spiro atoms. The van der Waals surface area contributed by atoms with Crippen LogP contribution in [0.4, 0.5) is 4.79 Å². The third-order valence-corrected chi connectivity index (χ3v) is 5.69. The first-order valence-electron chi connectivity index (χ1n) is 13.1. The van der Waals surface area contributed by atoms with Crippen LogP contribution < -0.4 is 10.6 Å². The fraction of sp³-hybridized carbons (Fsp3) is 0.500. The van der Waals surface area contributed by atoms with E-state index in [9.17, 15) is 14.4 Å². The highest BCUT2D eigenvalue weighted by molar-refractivity contribution is 5.92. The molecule has 2 atom stereocenters. The summed E-state index contributed by atoms with van der Waals surface area (Å²) in [6, 6.07) is 15.3. The van der Waals surface area contributed by atoms with Crippen molar-refractivity contribution in [1.29, 1.82) is 0 Å². The number of aryl methyl sites for hydroxylation is 1. The number of nitrogens with one attached hydrogen (secondary N) is 2. The number of alkyl carbamates (subject to hydrolysis) is 1. The summed E-state index contributed by atoms with van der Waals surface area (Å²) >= 11 is 0. The van der Waals surface area contributed by atoms with Crippen LogP contribution >= 0.6 is 0 Å². The van der Waals surface area contributed by atoms with Crippen LogP contribution in [0.3, 0.4) is 0 Å². The zero-order valence-corrected chi connectivity index (χ0v) is 23.3. The minimum atomic E-state index is -0.908. The highest BCUT2D eigenvalue weighted by atomic mass is 16.6. The van der Waals surface area contributed by atoms with Crippen molar-refractivity contribution in [3.05, 3.63) is 71.3 Å². The molecule has 0 bridgehead atoms. The van der Waals surface area contributed by atoms with Gasteiger partial charge in [-0.3, -0.25) is 9.59 Å². The van der Waals surface area contributed by atoms with E-state index < -0.39 is 23.8 Å². The average Bonchev–Trinajstić information content (AvgIpc) is 2.80. The molecular weight excluding hydrogens is 466 g/mol. The van der Waals surface area contributed by atoms with Crippen molar-refractivity contribution >= 4 is 17.9 Å². The van der Waals surface area contributed by atoms with Crippen LogP contribution in [-0.2, 0) is 20.7 Å². The summed E-state index contributed by atoms with van der Waals surface area (Å²) in [6.45, 7) is 13.5. The molecule has 0 aromatic heterocycles. The van der Waals surface area contributed by atoms with Gasteiger partial charge in [-0.05, 0) is 59.1 Å². The Labute approximate surface area is 222 Å². The van der Waals surface area contributed by atoms with Gasteiger partial charge in [-0.25, -0.2) is 4.79 Å². The number of rotatable bonds is 11. The molecule has 2 N–H and O–H groups in total. The molecule has 202 valence electrons. The van der Waals surface area contributed by atoms with Crippen molar-refractivity contribution in [1.82, 2.24) is 15.5 Å². The molecule has 0 saturated carbocycles. The molecule has 0 fully saturated rings. The fourth-order valence-corrected chi connectivity index (χ4v) is 3.98. The van der Waals surface area contributed by atoms with E-state index in [1.54, 1.807) is 25.7 Å². The number of nitrogens with zero attached hydrogens (tertiary/aromatic N) is 1.